The lowest BCUT2D eigenvalue weighted by atomic mass is 9.94. The lowest BCUT2D eigenvalue weighted by Crippen LogP contribution is -2.38. The largest absolute Gasteiger partial charge is 0.419 e. The molecular weight excluding hydrogens is 412 g/mol. The average molecular weight is 436 g/mol. The molecule has 0 fully saturated rings. The number of hydrogen-bond donors (Lipinski definition) is 1. The van der Waals surface area contributed by atoms with Crippen molar-refractivity contribution in [2.24, 2.45) is 5.92 Å². The number of hydrogen-bond acceptors (Lipinski definition) is 2. The molecular formula is C23H24F4N2O2. The third-order valence-electron chi connectivity index (χ3n) is 5.38. The topological polar surface area (TPSA) is 49.4 Å². The first-order valence-electron chi connectivity index (χ1n) is 10.0. The van der Waals surface area contributed by atoms with Gasteiger partial charge in [0.2, 0.25) is 11.8 Å². The standard InChI is InChI=1S/C23H24F4N2O2/c1-13(2)22(31)29-9-8-17-16(12-29)6-4-14(3)21(17)28-20(30)11-15-5-7-18(19(24)10-15)23(25,26)27/h4-7,10,13H,8-9,11-12H2,1-3H3,(H,28,30). The zero-order chi connectivity index (χ0) is 22.9. The summed E-state index contributed by atoms with van der Waals surface area (Å²) in [5, 5.41) is 2.83. The van der Waals surface area contributed by atoms with E-state index >= 15 is 0 Å². The van der Waals surface area contributed by atoms with Gasteiger partial charge < -0.3 is 10.2 Å². The van der Waals surface area contributed by atoms with Crippen LogP contribution in [0.4, 0.5) is 23.2 Å². The van der Waals surface area contributed by atoms with Gasteiger partial charge in [-0.2, -0.15) is 13.2 Å². The van der Waals surface area contributed by atoms with Crippen LogP contribution in [0, 0.1) is 18.7 Å². The summed E-state index contributed by atoms with van der Waals surface area (Å²) in [6.45, 7) is 6.55. The number of carbonyl (C=O) groups is 2. The zero-order valence-corrected chi connectivity index (χ0v) is 17.6. The Morgan fingerprint density at radius 3 is 2.48 bits per heavy atom. The fourth-order valence-corrected chi connectivity index (χ4v) is 3.77. The van der Waals surface area contributed by atoms with Gasteiger partial charge in [0.05, 0.1) is 12.0 Å². The second kappa shape index (κ2) is 8.69. The Bertz CT molecular complexity index is 1020. The first-order valence-corrected chi connectivity index (χ1v) is 10.0. The van der Waals surface area contributed by atoms with Crippen molar-refractivity contribution < 1.29 is 27.2 Å². The van der Waals surface area contributed by atoms with Crippen molar-refractivity contribution in [3.63, 3.8) is 0 Å². The highest BCUT2D eigenvalue weighted by Crippen LogP contribution is 2.32. The van der Waals surface area contributed by atoms with Crippen LogP contribution in [0.3, 0.4) is 0 Å². The molecule has 2 aromatic carbocycles. The predicted octanol–water partition coefficient (Wildman–Crippen LogP) is 4.87. The Kier molecular flexibility index (Phi) is 6.38. The Balaban J connectivity index is 1.76. The zero-order valence-electron chi connectivity index (χ0n) is 17.6. The lowest BCUT2D eigenvalue weighted by Gasteiger charge is -2.32. The van der Waals surface area contributed by atoms with Crippen molar-refractivity contribution >= 4 is 17.5 Å². The average Bonchev–Trinajstić information content (AvgIpc) is 2.68. The van der Waals surface area contributed by atoms with Gasteiger partial charge in [0.1, 0.15) is 5.82 Å². The number of fused-ring (bicyclic) bond motifs is 1. The van der Waals surface area contributed by atoms with E-state index in [1.165, 1.54) is 0 Å². The number of carbonyl (C=O) groups excluding carboxylic acids is 2. The van der Waals surface area contributed by atoms with Crippen LogP contribution >= 0.6 is 0 Å². The second-order valence-electron chi connectivity index (χ2n) is 8.10. The highest BCUT2D eigenvalue weighted by molar-refractivity contribution is 5.94. The van der Waals surface area contributed by atoms with Crippen LogP contribution < -0.4 is 5.32 Å². The molecule has 1 aliphatic heterocycles. The Labute approximate surface area is 178 Å². The van der Waals surface area contributed by atoms with Crippen molar-refractivity contribution in [3.05, 3.63) is 64.0 Å². The summed E-state index contributed by atoms with van der Waals surface area (Å²) in [6.07, 6.45) is -4.45. The molecule has 1 aliphatic rings. The quantitative estimate of drug-likeness (QED) is 0.695. The summed E-state index contributed by atoms with van der Waals surface area (Å²) in [7, 11) is 0. The number of nitrogens with one attached hydrogen (secondary N) is 1. The molecule has 31 heavy (non-hydrogen) atoms. The minimum absolute atomic E-state index is 0.0705. The molecule has 0 saturated carbocycles. The molecule has 2 aromatic rings. The van der Waals surface area contributed by atoms with Gasteiger partial charge in [0, 0.05) is 24.7 Å². The maximum absolute atomic E-state index is 13.8. The van der Waals surface area contributed by atoms with Gasteiger partial charge in [0.15, 0.2) is 0 Å². The van der Waals surface area contributed by atoms with Crippen LogP contribution in [0.15, 0.2) is 30.3 Å². The third kappa shape index (κ3) is 5.06. The molecule has 2 amide bonds. The fourth-order valence-electron chi connectivity index (χ4n) is 3.77. The van der Waals surface area contributed by atoms with Crippen molar-refractivity contribution in [2.45, 2.75) is 46.3 Å². The van der Waals surface area contributed by atoms with Crippen molar-refractivity contribution in [1.29, 1.82) is 0 Å². The van der Waals surface area contributed by atoms with Gasteiger partial charge >= 0.3 is 6.18 Å². The first kappa shape index (κ1) is 22.8. The maximum atomic E-state index is 13.8. The highest BCUT2D eigenvalue weighted by atomic mass is 19.4. The molecule has 0 bridgehead atoms. The number of rotatable bonds is 4. The highest BCUT2D eigenvalue weighted by Gasteiger charge is 2.34. The number of aryl methyl sites for hydroxylation is 1. The van der Waals surface area contributed by atoms with Crippen molar-refractivity contribution in [3.8, 4) is 0 Å². The number of anilines is 1. The summed E-state index contributed by atoms with van der Waals surface area (Å²) >= 11 is 0. The summed E-state index contributed by atoms with van der Waals surface area (Å²) in [6, 6.07) is 6.29. The monoisotopic (exact) mass is 436 g/mol. The van der Waals surface area contributed by atoms with E-state index in [2.05, 4.69) is 5.32 Å². The molecule has 166 valence electrons. The number of benzene rings is 2. The molecule has 1 N–H and O–H groups in total. The Hall–Kier alpha value is -2.90. The van der Waals surface area contributed by atoms with E-state index in [1.807, 2.05) is 32.9 Å². The molecule has 0 radical (unpaired) electrons. The van der Waals surface area contributed by atoms with Crippen LogP contribution in [0.1, 0.15) is 41.7 Å². The SMILES string of the molecule is Cc1ccc2c(c1NC(=O)Cc1ccc(C(F)(F)F)c(F)c1)CCN(C(=O)C(C)C)C2. The Morgan fingerprint density at radius 1 is 1.16 bits per heavy atom. The van der Waals surface area contributed by atoms with Crippen LogP contribution in [0.5, 0.6) is 0 Å². The van der Waals surface area contributed by atoms with Crippen molar-refractivity contribution in [2.75, 3.05) is 11.9 Å². The lowest BCUT2D eigenvalue weighted by molar-refractivity contribution is -0.140. The summed E-state index contributed by atoms with van der Waals surface area (Å²) < 4.78 is 51.9. The molecule has 0 unspecified atom stereocenters. The van der Waals surface area contributed by atoms with E-state index in [-0.39, 0.29) is 23.8 Å². The van der Waals surface area contributed by atoms with E-state index < -0.39 is 23.5 Å². The van der Waals surface area contributed by atoms with E-state index in [0.717, 1.165) is 28.8 Å². The summed E-state index contributed by atoms with van der Waals surface area (Å²) in [4.78, 5) is 26.7. The van der Waals surface area contributed by atoms with Crippen LogP contribution in [-0.2, 0) is 35.2 Å². The van der Waals surface area contributed by atoms with Gasteiger partial charge in [-0.15, -0.1) is 0 Å². The third-order valence-corrected chi connectivity index (χ3v) is 5.38. The summed E-state index contributed by atoms with van der Waals surface area (Å²) in [5.41, 5.74) is 2.17. The molecule has 0 spiro atoms. The van der Waals surface area contributed by atoms with Gasteiger partial charge in [-0.3, -0.25) is 9.59 Å². The second-order valence-corrected chi connectivity index (χ2v) is 8.10. The summed E-state index contributed by atoms with van der Waals surface area (Å²) in [5.74, 6) is -1.88. The number of amides is 2. The van der Waals surface area contributed by atoms with Crippen LogP contribution in [0.25, 0.3) is 0 Å². The van der Waals surface area contributed by atoms with E-state index in [4.69, 9.17) is 0 Å². The number of alkyl halides is 3. The molecule has 0 aliphatic carbocycles. The number of nitrogens with zero attached hydrogens (tertiary/aromatic N) is 1. The molecule has 0 aromatic heterocycles. The molecule has 4 nitrogen and oxygen atoms in total. The molecule has 8 heteroatoms. The van der Waals surface area contributed by atoms with Gasteiger partial charge in [0.25, 0.3) is 0 Å². The smallest absolute Gasteiger partial charge is 0.338 e. The molecule has 0 atom stereocenters. The minimum Gasteiger partial charge on any atom is -0.338 e. The molecule has 3 rings (SSSR count). The van der Waals surface area contributed by atoms with Crippen LogP contribution in [0.2, 0.25) is 0 Å². The molecule has 0 saturated heterocycles. The number of halogens is 4. The van der Waals surface area contributed by atoms with Crippen molar-refractivity contribution in [1.82, 2.24) is 4.90 Å². The first-order chi connectivity index (χ1) is 14.5. The Morgan fingerprint density at radius 2 is 1.87 bits per heavy atom. The van der Waals surface area contributed by atoms with Gasteiger partial charge in [-0.1, -0.05) is 32.0 Å². The fraction of sp³-hybridized carbons (Fsp3) is 0.391. The van der Waals surface area contributed by atoms with Gasteiger partial charge in [-0.05, 0) is 47.7 Å². The van der Waals surface area contributed by atoms with E-state index in [9.17, 15) is 27.2 Å². The minimum atomic E-state index is -4.78. The van der Waals surface area contributed by atoms with Gasteiger partial charge in [-0.25, -0.2) is 4.39 Å². The van der Waals surface area contributed by atoms with E-state index in [0.29, 0.717) is 31.3 Å². The van der Waals surface area contributed by atoms with Crippen LogP contribution in [-0.4, -0.2) is 23.3 Å². The maximum Gasteiger partial charge on any atom is 0.419 e. The van der Waals surface area contributed by atoms with E-state index in [1.54, 1.807) is 4.90 Å². The molecule has 1 heterocycles. The normalized spacial score (nSPS) is 13.9. The predicted molar refractivity (Wildman–Crippen MR) is 109 cm³/mol.